The van der Waals surface area contributed by atoms with Gasteiger partial charge in [-0.2, -0.15) is 0 Å². The maximum Gasteiger partial charge on any atom is 0.161 e. The normalized spacial score (nSPS) is 10.5. The van der Waals surface area contributed by atoms with Crippen molar-refractivity contribution in [1.82, 2.24) is 9.97 Å². The lowest BCUT2D eigenvalue weighted by atomic mass is 10.1. The van der Waals surface area contributed by atoms with Gasteiger partial charge in [0.1, 0.15) is 5.82 Å². The Morgan fingerprint density at radius 2 is 1.89 bits per heavy atom. The molecule has 0 aliphatic carbocycles. The van der Waals surface area contributed by atoms with Crippen molar-refractivity contribution in [2.75, 3.05) is 11.7 Å². The summed E-state index contributed by atoms with van der Waals surface area (Å²) < 4.78 is 0. The van der Waals surface area contributed by atoms with E-state index in [2.05, 4.69) is 40.7 Å². The number of nitrogens with zero attached hydrogens (tertiary/aromatic N) is 2. The fourth-order valence-electron chi connectivity index (χ4n) is 1.92. The molecule has 0 unspecified atom stereocenters. The van der Waals surface area contributed by atoms with Crippen LogP contribution in [0.15, 0.2) is 29.2 Å². The number of benzene rings is 1. The van der Waals surface area contributed by atoms with Gasteiger partial charge in [-0.1, -0.05) is 19.1 Å². The Bertz CT molecular complexity index is 541. The third-order valence-electron chi connectivity index (χ3n) is 3.07. The minimum atomic E-state index is 0.691. The molecule has 0 aliphatic rings. The average Bonchev–Trinajstić information content (AvgIpc) is 2.47. The summed E-state index contributed by atoms with van der Waals surface area (Å²) in [5, 5.41) is 0. The lowest BCUT2D eigenvalue weighted by Gasteiger charge is -2.11. The summed E-state index contributed by atoms with van der Waals surface area (Å²) in [4.78, 5) is 10.3. The quantitative estimate of drug-likeness (QED) is 0.510. The Hall–Kier alpha value is -1.59. The van der Waals surface area contributed by atoms with E-state index >= 15 is 0 Å². The van der Waals surface area contributed by atoms with E-state index in [1.54, 1.807) is 11.8 Å². The first kappa shape index (κ1) is 13.8. The second-order valence-corrected chi connectivity index (χ2v) is 5.07. The Labute approximate surface area is 117 Å². The molecule has 2 aromatic rings. The number of hydrazine groups is 1. The maximum atomic E-state index is 5.52. The molecule has 0 atom stereocenters. The maximum absolute atomic E-state index is 5.52. The number of aryl methyl sites for hydroxylation is 1. The van der Waals surface area contributed by atoms with E-state index in [0.717, 1.165) is 23.2 Å². The molecule has 0 saturated heterocycles. The van der Waals surface area contributed by atoms with Crippen molar-refractivity contribution >= 4 is 17.6 Å². The van der Waals surface area contributed by atoms with Gasteiger partial charge >= 0.3 is 0 Å². The van der Waals surface area contributed by atoms with Crippen molar-refractivity contribution in [2.24, 2.45) is 5.84 Å². The number of nitrogen functional groups attached to an aromatic ring is 1. The van der Waals surface area contributed by atoms with Crippen LogP contribution in [-0.4, -0.2) is 16.2 Å². The number of nitrogens with one attached hydrogen (secondary N) is 1. The molecule has 3 N–H and O–H groups in total. The minimum absolute atomic E-state index is 0.691. The van der Waals surface area contributed by atoms with E-state index in [-0.39, 0.29) is 0 Å². The van der Waals surface area contributed by atoms with Crippen LogP contribution >= 0.6 is 11.8 Å². The number of anilines is 1. The standard InChI is InChI=1S/C14H18N4S/c1-4-12-9(2)13(18-15)17-14(16-12)10-5-7-11(19-3)8-6-10/h5-8H,4,15H2,1-3H3,(H,16,17,18). The van der Waals surface area contributed by atoms with Gasteiger partial charge < -0.3 is 5.43 Å². The molecule has 0 saturated carbocycles. The predicted octanol–water partition coefficient (Wildman–Crippen LogP) is 3.02. The molecule has 0 bridgehead atoms. The van der Waals surface area contributed by atoms with E-state index in [1.807, 2.05) is 19.1 Å². The zero-order valence-corrected chi connectivity index (χ0v) is 12.2. The summed E-state index contributed by atoms with van der Waals surface area (Å²) in [5.41, 5.74) is 5.68. The zero-order chi connectivity index (χ0) is 13.8. The highest BCUT2D eigenvalue weighted by Crippen LogP contribution is 2.24. The molecule has 4 nitrogen and oxygen atoms in total. The number of aromatic nitrogens is 2. The van der Waals surface area contributed by atoms with E-state index in [9.17, 15) is 0 Å². The van der Waals surface area contributed by atoms with E-state index in [4.69, 9.17) is 5.84 Å². The molecule has 19 heavy (non-hydrogen) atoms. The molecule has 1 aromatic carbocycles. The molecule has 5 heteroatoms. The largest absolute Gasteiger partial charge is 0.308 e. The second-order valence-electron chi connectivity index (χ2n) is 4.19. The number of hydrogen-bond acceptors (Lipinski definition) is 5. The Morgan fingerprint density at radius 3 is 2.42 bits per heavy atom. The van der Waals surface area contributed by atoms with Crippen LogP contribution in [0.3, 0.4) is 0 Å². The molecule has 1 heterocycles. The summed E-state index contributed by atoms with van der Waals surface area (Å²) in [6.07, 6.45) is 2.92. The summed E-state index contributed by atoms with van der Waals surface area (Å²) >= 11 is 1.72. The Morgan fingerprint density at radius 1 is 1.21 bits per heavy atom. The van der Waals surface area contributed by atoms with Crippen LogP contribution in [0.5, 0.6) is 0 Å². The number of rotatable bonds is 4. The fourth-order valence-corrected chi connectivity index (χ4v) is 2.33. The van der Waals surface area contributed by atoms with Crippen molar-refractivity contribution in [1.29, 1.82) is 0 Å². The van der Waals surface area contributed by atoms with E-state index < -0.39 is 0 Å². The molecule has 1 aromatic heterocycles. The van der Waals surface area contributed by atoms with Gasteiger partial charge in [-0.3, -0.25) is 0 Å². The zero-order valence-electron chi connectivity index (χ0n) is 11.4. The van der Waals surface area contributed by atoms with Crippen molar-refractivity contribution < 1.29 is 0 Å². The van der Waals surface area contributed by atoms with Crippen LogP contribution in [0.2, 0.25) is 0 Å². The van der Waals surface area contributed by atoms with Crippen LogP contribution in [0.4, 0.5) is 5.82 Å². The number of hydrogen-bond donors (Lipinski definition) is 2. The smallest absolute Gasteiger partial charge is 0.161 e. The highest BCUT2D eigenvalue weighted by Gasteiger charge is 2.10. The molecule has 0 fully saturated rings. The first-order valence-electron chi connectivity index (χ1n) is 6.18. The van der Waals surface area contributed by atoms with Gasteiger partial charge in [0.2, 0.25) is 0 Å². The van der Waals surface area contributed by atoms with Gasteiger partial charge in [0.25, 0.3) is 0 Å². The topological polar surface area (TPSA) is 63.8 Å². The molecular formula is C14H18N4S. The molecule has 0 amide bonds. The minimum Gasteiger partial charge on any atom is -0.308 e. The first-order valence-corrected chi connectivity index (χ1v) is 7.40. The predicted molar refractivity (Wildman–Crippen MR) is 81.2 cm³/mol. The third kappa shape index (κ3) is 2.88. The second kappa shape index (κ2) is 6.04. The molecule has 100 valence electrons. The molecule has 0 spiro atoms. The third-order valence-corrected chi connectivity index (χ3v) is 3.81. The monoisotopic (exact) mass is 274 g/mol. The van der Waals surface area contributed by atoms with Crippen LogP contribution < -0.4 is 11.3 Å². The number of nitrogens with two attached hydrogens (primary N) is 1. The average molecular weight is 274 g/mol. The summed E-state index contributed by atoms with van der Waals surface area (Å²) in [6, 6.07) is 8.22. The van der Waals surface area contributed by atoms with Gasteiger partial charge in [0.15, 0.2) is 5.82 Å². The highest BCUT2D eigenvalue weighted by molar-refractivity contribution is 7.98. The van der Waals surface area contributed by atoms with Gasteiger partial charge in [0, 0.05) is 21.7 Å². The van der Waals surface area contributed by atoms with E-state index in [1.165, 1.54) is 4.90 Å². The van der Waals surface area contributed by atoms with Crippen LogP contribution in [0, 0.1) is 6.92 Å². The highest BCUT2D eigenvalue weighted by atomic mass is 32.2. The van der Waals surface area contributed by atoms with Crippen molar-refractivity contribution in [3.05, 3.63) is 35.5 Å². The van der Waals surface area contributed by atoms with Crippen molar-refractivity contribution in [3.63, 3.8) is 0 Å². The van der Waals surface area contributed by atoms with Crippen LogP contribution in [-0.2, 0) is 6.42 Å². The van der Waals surface area contributed by atoms with Crippen LogP contribution in [0.1, 0.15) is 18.2 Å². The first-order chi connectivity index (χ1) is 9.19. The molecular weight excluding hydrogens is 256 g/mol. The van der Waals surface area contributed by atoms with Gasteiger partial charge in [-0.25, -0.2) is 15.8 Å². The van der Waals surface area contributed by atoms with Gasteiger partial charge in [-0.15, -0.1) is 11.8 Å². The van der Waals surface area contributed by atoms with Gasteiger partial charge in [0.05, 0.1) is 0 Å². The van der Waals surface area contributed by atoms with E-state index in [0.29, 0.717) is 11.6 Å². The van der Waals surface area contributed by atoms with Crippen LogP contribution in [0.25, 0.3) is 11.4 Å². The summed E-state index contributed by atoms with van der Waals surface area (Å²) in [7, 11) is 0. The lowest BCUT2D eigenvalue weighted by Crippen LogP contribution is -2.13. The van der Waals surface area contributed by atoms with Gasteiger partial charge in [-0.05, 0) is 31.7 Å². The Balaban J connectivity index is 2.48. The summed E-state index contributed by atoms with van der Waals surface area (Å²) in [6.45, 7) is 4.06. The van der Waals surface area contributed by atoms with Crippen molar-refractivity contribution in [2.45, 2.75) is 25.2 Å². The molecule has 0 radical (unpaired) electrons. The Kier molecular flexibility index (Phi) is 4.39. The fraction of sp³-hybridized carbons (Fsp3) is 0.286. The number of thioether (sulfide) groups is 1. The molecule has 0 aliphatic heterocycles. The molecule has 2 rings (SSSR count). The SMILES string of the molecule is CCc1nc(-c2ccc(SC)cc2)nc(NN)c1C. The lowest BCUT2D eigenvalue weighted by molar-refractivity contribution is 0.973. The van der Waals surface area contributed by atoms with Crippen molar-refractivity contribution in [3.8, 4) is 11.4 Å². The summed E-state index contributed by atoms with van der Waals surface area (Å²) in [5.74, 6) is 6.92.